The van der Waals surface area contributed by atoms with E-state index in [1.165, 1.54) is 7.11 Å². The van der Waals surface area contributed by atoms with Crippen molar-refractivity contribution in [1.29, 1.82) is 5.26 Å². The van der Waals surface area contributed by atoms with Gasteiger partial charge in [0, 0.05) is 5.69 Å². The second-order valence-corrected chi connectivity index (χ2v) is 4.84. The quantitative estimate of drug-likeness (QED) is 0.776. The number of anilines is 1. The summed E-state index contributed by atoms with van der Waals surface area (Å²) in [5, 5.41) is 11.3. The van der Waals surface area contributed by atoms with Crippen molar-refractivity contribution in [1.82, 2.24) is 0 Å². The zero-order valence-corrected chi connectivity index (χ0v) is 13.5. The second kappa shape index (κ2) is 8.93. The number of para-hydroxylation sites is 2. The van der Waals surface area contributed by atoms with Gasteiger partial charge in [0.2, 0.25) is 0 Å². The summed E-state index contributed by atoms with van der Waals surface area (Å²) in [6.07, 6.45) is 0. The van der Waals surface area contributed by atoms with Gasteiger partial charge in [-0.05, 0) is 36.4 Å². The zero-order valence-electron chi connectivity index (χ0n) is 13.5. The molecular formula is C18H16N2O5. The number of methoxy groups -OCH3 is 1. The van der Waals surface area contributed by atoms with Gasteiger partial charge in [-0.1, -0.05) is 12.1 Å². The number of rotatable bonds is 7. The van der Waals surface area contributed by atoms with Crippen molar-refractivity contribution in [2.45, 2.75) is 0 Å². The minimum absolute atomic E-state index is 0.343. The molecule has 0 aliphatic heterocycles. The SMILES string of the molecule is COc1ccccc1OCC(=O)OCC(=O)Nc1ccc(C#N)cc1. The molecule has 0 aliphatic carbocycles. The first-order valence-electron chi connectivity index (χ1n) is 7.34. The van der Waals surface area contributed by atoms with Gasteiger partial charge in [-0.2, -0.15) is 5.26 Å². The van der Waals surface area contributed by atoms with Gasteiger partial charge in [-0.3, -0.25) is 4.79 Å². The number of benzene rings is 2. The number of hydrogen-bond donors (Lipinski definition) is 1. The summed E-state index contributed by atoms with van der Waals surface area (Å²) in [7, 11) is 1.49. The fourth-order valence-electron chi connectivity index (χ4n) is 1.89. The highest BCUT2D eigenvalue weighted by atomic mass is 16.6. The molecule has 25 heavy (non-hydrogen) atoms. The Balaban J connectivity index is 1.75. The molecular weight excluding hydrogens is 324 g/mol. The van der Waals surface area contributed by atoms with E-state index in [0.717, 1.165) is 0 Å². The highest BCUT2D eigenvalue weighted by Crippen LogP contribution is 2.25. The Labute approximate surface area is 144 Å². The summed E-state index contributed by atoms with van der Waals surface area (Å²) in [5.74, 6) is -0.269. The van der Waals surface area contributed by atoms with E-state index in [2.05, 4.69) is 5.32 Å². The van der Waals surface area contributed by atoms with Crippen LogP contribution in [0.4, 0.5) is 5.69 Å². The summed E-state index contributed by atoms with van der Waals surface area (Å²) in [6, 6.07) is 15.2. The number of nitrogens with one attached hydrogen (secondary N) is 1. The Morgan fingerprint density at radius 2 is 1.72 bits per heavy atom. The lowest BCUT2D eigenvalue weighted by molar-refractivity contribution is -0.149. The Bertz CT molecular complexity index is 781. The van der Waals surface area contributed by atoms with Crippen LogP contribution in [0.1, 0.15) is 5.56 Å². The molecule has 1 amide bonds. The molecule has 0 atom stereocenters. The third-order valence-electron chi connectivity index (χ3n) is 3.08. The summed E-state index contributed by atoms with van der Waals surface area (Å²) in [4.78, 5) is 23.4. The number of amides is 1. The normalized spacial score (nSPS) is 9.60. The minimum Gasteiger partial charge on any atom is -0.493 e. The lowest BCUT2D eigenvalue weighted by Crippen LogP contribution is -2.23. The molecule has 0 unspecified atom stereocenters. The van der Waals surface area contributed by atoms with Crippen molar-refractivity contribution in [2.24, 2.45) is 0 Å². The number of esters is 1. The van der Waals surface area contributed by atoms with E-state index in [9.17, 15) is 9.59 Å². The number of ether oxygens (including phenoxy) is 3. The van der Waals surface area contributed by atoms with Crippen LogP contribution in [0, 0.1) is 11.3 Å². The first-order chi connectivity index (χ1) is 12.1. The average Bonchev–Trinajstić information content (AvgIpc) is 2.65. The Kier molecular flexibility index (Phi) is 6.37. The zero-order chi connectivity index (χ0) is 18.1. The van der Waals surface area contributed by atoms with E-state index in [-0.39, 0.29) is 6.61 Å². The van der Waals surface area contributed by atoms with Crippen molar-refractivity contribution in [3.8, 4) is 17.6 Å². The van der Waals surface area contributed by atoms with Crippen LogP contribution in [0.3, 0.4) is 0 Å². The van der Waals surface area contributed by atoms with E-state index < -0.39 is 18.5 Å². The van der Waals surface area contributed by atoms with Crippen molar-refractivity contribution in [3.63, 3.8) is 0 Å². The molecule has 2 aromatic carbocycles. The lowest BCUT2D eigenvalue weighted by atomic mass is 10.2. The van der Waals surface area contributed by atoms with E-state index >= 15 is 0 Å². The molecule has 0 aromatic heterocycles. The molecule has 0 fully saturated rings. The molecule has 128 valence electrons. The summed E-state index contributed by atoms with van der Waals surface area (Å²) >= 11 is 0. The van der Waals surface area contributed by atoms with Gasteiger partial charge in [0.25, 0.3) is 5.91 Å². The summed E-state index contributed by atoms with van der Waals surface area (Å²) < 4.78 is 15.2. The molecule has 7 heteroatoms. The van der Waals surface area contributed by atoms with E-state index in [0.29, 0.717) is 22.7 Å². The molecule has 0 aliphatic rings. The van der Waals surface area contributed by atoms with Crippen molar-refractivity contribution >= 4 is 17.6 Å². The van der Waals surface area contributed by atoms with Gasteiger partial charge in [0.1, 0.15) is 0 Å². The van der Waals surface area contributed by atoms with Gasteiger partial charge in [0.05, 0.1) is 18.7 Å². The van der Waals surface area contributed by atoms with E-state index in [1.807, 2.05) is 6.07 Å². The van der Waals surface area contributed by atoms with Gasteiger partial charge < -0.3 is 19.5 Å². The van der Waals surface area contributed by atoms with Crippen LogP contribution in [0.15, 0.2) is 48.5 Å². The lowest BCUT2D eigenvalue weighted by Gasteiger charge is -2.10. The number of nitriles is 1. The molecule has 0 spiro atoms. The largest absolute Gasteiger partial charge is 0.493 e. The van der Waals surface area contributed by atoms with Crippen LogP contribution in [-0.4, -0.2) is 32.2 Å². The average molecular weight is 340 g/mol. The molecule has 7 nitrogen and oxygen atoms in total. The Morgan fingerprint density at radius 3 is 2.36 bits per heavy atom. The minimum atomic E-state index is -0.680. The van der Waals surface area contributed by atoms with Crippen molar-refractivity contribution in [3.05, 3.63) is 54.1 Å². The number of nitrogens with zero attached hydrogens (tertiary/aromatic N) is 1. The van der Waals surface area contributed by atoms with Crippen LogP contribution >= 0.6 is 0 Å². The number of carbonyl (C=O) groups is 2. The molecule has 0 heterocycles. The molecule has 2 rings (SSSR count). The third kappa shape index (κ3) is 5.55. The molecule has 1 N–H and O–H groups in total. The summed E-state index contributed by atoms with van der Waals surface area (Å²) in [6.45, 7) is -0.779. The molecule has 0 saturated carbocycles. The molecule has 0 bridgehead atoms. The smallest absolute Gasteiger partial charge is 0.344 e. The molecule has 0 radical (unpaired) electrons. The highest BCUT2D eigenvalue weighted by molar-refractivity contribution is 5.92. The Hall–Kier alpha value is -3.53. The van der Waals surface area contributed by atoms with Crippen LogP contribution in [0.2, 0.25) is 0 Å². The maximum absolute atomic E-state index is 11.7. The maximum Gasteiger partial charge on any atom is 0.344 e. The third-order valence-corrected chi connectivity index (χ3v) is 3.08. The van der Waals surface area contributed by atoms with Gasteiger partial charge >= 0.3 is 5.97 Å². The van der Waals surface area contributed by atoms with Gasteiger partial charge in [-0.25, -0.2) is 4.79 Å². The van der Waals surface area contributed by atoms with Crippen LogP contribution in [0.5, 0.6) is 11.5 Å². The number of hydrogen-bond acceptors (Lipinski definition) is 6. The fourth-order valence-corrected chi connectivity index (χ4v) is 1.89. The van der Waals surface area contributed by atoms with Gasteiger partial charge in [0.15, 0.2) is 24.7 Å². The maximum atomic E-state index is 11.7. The molecule has 0 saturated heterocycles. The van der Waals surface area contributed by atoms with Crippen molar-refractivity contribution in [2.75, 3.05) is 25.6 Å². The standard InChI is InChI=1S/C18H16N2O5/c1-23-15-4-2-3-5-16(15)24-12-18(22)25-11-17(21)20-14-8-6-13(10-19)7-9-14/h2-9H,11-12H2,1H3,(H,20,21). The highest BCUT2D eigenvalue weighted by Gasteiger charge is 2.10. The Morgan fingerprint density at radius 1 is 1.04 bits per heavy atom. The van der Waals surface area contributed by atoms with Crippen LogP contribution in [0.25, 0.3) is 0 Å². The monoisotopic (exact) mass is 340 g/mol. The second-order valence-electron chi connectivity index (χ2n) is 4.84. The first kappa shape index (κ1) is 17.8. The van der Waals surface area contributed by atoms with Crippen LogP contribution in [-0.2, 0) is 14.3 Å². The van der Waals surface area contributed by atoms with Crippen molar-refractivity contribution < 1.29 is 23.8 Å². The summed E-state index contributed by atoms with van der Waals surface area (Å²) in [5.41, 5.74) is 0.989. The number of carbonyl (C=O) groups excluding carboxylic acids is 2. The fraction of sp³-hybridized carbons (Fsp3) is 0.167. The van der Waals surface area contributed by atoms with Gasteiger partial charge in [-0.15, -0.1) is 0 Å². The van der Waals surface area contributed by atoms with Crippen LogP contribution < -0.4 is 14.8 Å². The predicted molar refractivity (Wildman–Crippen MR) is 89.2 cm³/mol. The topological polar surface area (TPSA) is 97.7 Å². The van der Waals surface area contributed by atoms with E-state index in [4.69, 9.17) is 19.5 Å². The first-order valence-corrected chi connectivity index (χ1v) is 7.34. The van der Waals surface area contributed by atoms with E-state index in [1.54, 1.807) is 48.5 Å². The molecule has 2 aromatic rings. The predicted octanol–water partition coefficient (Wildman–Crippen LogP) is 2.13.